The van der Waals surface area contributed by atoms with Crippen LogP contribution in [0.25, 0.3) is 0 Å². The number of hydrogen-bond acceptors (Lipinski definition) is 5. The van der Waals surface area contributed by atoms with Crippen LogP contribution in [0.15, 0.2) is 59.4 Å². The van der Waals surface area contributed by atoms with Crippen LogP contribution in [0.5, 0.6) is 5.75 Å². The summed E-state index contributed by atoms with van der Waals surface area (Å²) >= 11 is 6.22. The molecule has 1 amide bonds. The molecule has 0 bridgehead atoms. The molecule has 1 N–H and O–H groups in total. The summed E-state index contributed by atoms with van der Waals surface area (Å²) in [6.45, 7) is 6.43. The molecule has 32 heavy (non-hydrogen) atoms. The molecule has 0 radical (unpaired) electrons. The molecule has 0 atom stereocenters. The average molecular weight is 451 g/mol. The maximum absolute atomic E-state index is 12.8. The monoisotopic (exact) mass is 450 g/mol. The highest BCUT2D eigenvalue weighted by Crippen LogP contribution is 2.23. The Morgan fingerprint density at radius 2 is 2.00 bits per heavy atom. The van der Waals surface area contributed by atoms with Gasteiger partial charge in [0.2, 0.25) is 0 Å². The Hall–Kier alpha value is -3.58. The number of carbonyl (C=O) groups excluding carboxylic acids is 1. The van der Waals surface area contributed by atoms with Crippen LogP contribution in [-0.2, 0) is 13.2 Å². The van der Waals surface area contributed by atoms with Crippen molar-refractivity contribution < 1.29 is 14.1 Å². The molecule has 164 valence electrons. The van der Waals surface area contributed by atoms with Crippen molar-refractivity contribution in [3.05, 3.63) is 93.6 Å². The molecule has 0 fully saturated rings. The fraction of sp³-hybridized carbons (Fsp3) is 0.208. The summed E-state index contributed by atoms with van der Waals surface area (Å²) in [4.78, 5) is 12.8. The van der Waals surface area contributed by atoms with Crippen LogP contribution in [0.3, 0.4) is 0 Å². The molecule has 2 heterocycles. The summed E-state index contributed by atoms with van der Waals surface area (Å²) in [7, 11) is 0. The minimum Gasteiger partial charge on any atom is -0.488 e. The van der Waals surface area contributed by atoms with Gasteiger partial charge in [-0.2, -0.15) is 5.10 Å². The van der Waals surface area contributed by atoms with Crippen molar-refractivity contribution in [2.75, 3.05) is 5.32 Å². The Morgan fingerprint density at radius 3 is 2.78 bits per heavy atom. The van der Waals surface area contributed by atoms with E-state index >= 15 is 0 Å². The van der Waals surface area contributed by atoms with E-state index in [1.54, 1.807) is 24.0 Å². The van der Waals surface area contributed by atoms with E-state index in [2.05, 4.69) is 15.6 Å². The van der Waals surface area contributed by atoms with Crippen molar-refractivity contribution in [2.45, 2.75) is 33.9 Å². The van der Waals surface area contributed by atoms with Gasteiger partial charge in [0.1, 0.15) is 18.1 Å². The molecule has 4 aromatic rings. The topological polar surface area (TPSA) is 82.2 Å². The summed E-state index contributed by atoms with van der Waals surface area (Å²) in [5.41, 5.74) is 4.45. The normalized spacial score (nSPS) is 10.9. The van der Waals surface area contributed by atoms with Gasteiger partial charge < -0.3 is 14.6 Å². The molecule has 0 aliphatic heterocycles. The van der Waals surface area contributed by atoms with Crippen LogP contribution < -0.4 is 10.1 Å². The molecule has 0 aliphatic carbocycles. The SMILES string of the molecule is Cc1ccc(OCc2c(C(=O)Nc3cnn(Cc4ccccc4Cl)c3)noc2C)c(C)c1. The number of rotatable bonds is 7. The van der Waals surface area contributed by atoms with Gasteiger partial charge in [0.25, 0.3) is 5.91 Å². The third kappa shape index (κ3) is 4.84. The molecule has 0 aliphatic rings. The van der Waals surface area contributed by atoms with Crippen molar-refractivity contribution in [2.24, 2.45) is 0 Å². The summed E-state index contributed by atoms with van der Waals surface area (Å²) in [6, 6.07) is 13.5. The van der Waals surface area contributed by atoms with Gasteiger partial charge in [-0.25, -0.2) is 0 Å². The standard InChI is InChI=1S/C24H23ClN4O3/c1-15-8-9-22(16(2)10-15)31-14-20-17(3)32-28-23(20)24(30)27-19-11-26-29(13-19)12-18-6-4-5-7-21(18)25/h4-11,13H,12,14H2,1-3H3,(H,27,30). The van der Waals surface area contributed by atoms with E-state index in [1.807, 2.05) is 56.3 Å². The van der Waals surface area contributed by atoms with Crippen LogP contribution >= 0.6 is 11.6 Å². The number of anilines is 1. The average Bonchev–Trinajstić information content (AvgIpc) is 3.35. The zero-order chi connectivity index (χ0) is 22.7. The Labute approximate surface area is 190 Å². The molecule has 0 saturated carbocycles. The molecule has 0 spiro atoms. The maximum Gasteiger partial charge on any atom is 0.278 e. The summed E-state index contributed by atoms with van der Waals surface area (Å²) in [6.07, 6.45) is 3.31. The first-order chi connectivity index (χ1) is 15.4. The quantitative estimate of drug-likeness (QED) is 0.411. The zero-order valence-electron chi connectivity index (χ0n) is 18.1. The zero-order valence-corrected chi connectivity index (χ0v) is 18.8. The number of aryl methyl sites for hydroxylation is 3. The minimum atomic E-state index is -0.390. The number of nitrogens with zero attached hydrogens (tertiary/aromatic N) is 3. The van der Waals surface area contributed by atoms with Crippen molar-refractivity contribution in [3.63, 3.8) is 0 Å². The van der Waals surface area contributed by atoms with Crippen LogP contribution in [-0.4, -0.2) is 20.8 Å². The number of carbonyl (C=O) groups is 1. The minimum absolute atomic E-state index is 0.174. The molecule has 7 nitrogen and oxygen atoms in total. The van der Waals surface area contributed by atoms with Crippen LogP contribution in [0.1, 0.15) is 38.5 Å². The van der Waals surface area contributed by atoms with Crippen molar-refractivity contribution in [1.82, 2.24) is 14.9 Å². The number of hydrogen-bond donors (Lipinski definition) is 1. The molecule has 0 unspecified atom stereocenters. The van der Waals surface area contributed by atoms with E-state index in [9.17, 15) is 4.79 Å². The molecular formula is C24H23ClN4O3. The molecule has 4 rings (SSSR count). The number of halogens is 1. The molecule has 2 aromatic heterocycles. The van der Waals surface area contributed by atoms with E-state index in [4.69, 9.17) is 20.9 Å². The fourth-order valence-electron chi connectivity index (χ4n) is 3.36. The second-order valence-electron chi connectivity index (χ2n) is 7.60. The number of nitrogens with one attached hydrogen (secondary N) is 1. The van der Waals surface area contributed by atoms with E-state index in [0.717, 1.165) is 22.4 Å². The molecule has 2 aromatic carbocycles. The van der Waals surface area contributed by atoms with Crippen LogP contribution in [0, 0.1) is 20.8 Å². The maximum atomic E-state index is 12.8. The first-order valence-corrected chi connectivity index (χ1v) is 10.5. The second-order valence-corrected chi connectivity index (χ2v) is 8.00. The third-order valence-electron chi connectivity index (χ3n) is 5.08. The Morgan fingerprint density at radius 1 is 1.19 bits per heavy atom. The van der Waals surface area contributed by atoms with Crippen molar-refractivity contribution >= 4 is 23.2 Å². The summed E-state index contributed by atoms with van der Waals surface area (Å²) in [5, 5.41) is 11.7. The summed E-state index contributed by atoms with van der Waals surface area (Å²) in [5.74, 6) is 0.899. The van der Waals surface area contributed by atoms with E-state index in [0.29, 0.717) is 28.6 Å². The number of ether oxygens (including phenoxy) is 1. The highest BCUT2D eigenvalue weighted by Gasteiger charge is 2.21. The summed E-state index contributed by atoms with van der Waals surface area (Å²) < 4.78 is 12.9. The lowest BCUT2D eigenvalue weighted by molar-refractivity contribution is 0.101. The number of benzene rings is 2. The Bertz CT molecular complexity index is 1260. The number of aromatic nitrogens is 3. The van der Waals surface area contributed by atoms with Crippen molar-refractivity contribution in [3.8, 4) is 5.75 Å². The van der Waals surface area contributed by atoms with Gasteiger partial charge in [-0.15, -0.1) is 0 Å². The smallest absolute Gasteiger partial charge is 0.278 e. The second kappa shape index (κ2) is 9.28. The van der Waals surface area contributed by atoms with Crippen LogP contribution in [0.4, 0.5) is 5.69 Å². The predicted octanol–water partition coefficient (Wildman–Crippen LogP) is 5.33. The van der Waals surface area contributed by atoms with Gasteiger partial charge in [-0.3, -0.25) is 9.48 Å². The van der Waals surface area contributed by atoms with E-state index in [1.165, 1.54) is 0 Å². The molecule has 0 saturated heterocycles. The van der Waals surface area contributed by atoms with Crippen LogP contribution in [0.2, 0.25) is 5.02 Å². The fourth-order valence-corrected chi connectivity index (χ4v) is 3.55. The Balaban J connectivity index is 1.44. The highest BCUT2D eigenvalue weighted by atomic mass is 35.5. The van der Waals surface area contributed by atoms with Gasteiger partial charge in [0, 0.05) is 11.2 Å². The Kier molecular flexibility index (Phi) is 6.28. The lowest BCUT2D eigenvalue weighted by Gasteiger charge is -2.10. The first-order valence-electron chi connectivity index (χ1n) is 10.1. The third-order valence-corrected chi connectivity index (χ3v) is 5.45. The van der Waals surface area contributed by atoms with Gasteiger partial charge in [0.05, 0.1) is 24.0 Å². The predicted molar refractivity (Wildman–Crippen MR) is 122 cm³/mol. The lowest BCUT2D eigenvalue weighted by atomic mass is 10.1. The molecular weight excluding hydrogens is 428 g/mol. The van der Waals surface area contributed by atoms with Gasteiger partial charge in [0.15, 0.2) is 5.69 Å². The van der Waals surface area contributed by atoms with E-state index < -0.39 is 5.91 Å². The van der Waals surface area contributed by atoms with Crippen molar-refractivity contribution in [1.29, 1.82) is 0 Å². The largest absolute Gasteiger partial charge is 0.488 e. The van der Waals surface area contributed by atoms with Gasteiger partial charge in [-0.1, -0.05) is 52.7 Å². The lowest BCUT2D eigenvalue weighted by Crippen LogP contribution is -2.15. The molecule has 8 heteroatoms. The number of amides is 1. The van der Waals surface area contributed by atoms with Gasteiger partial charge in [-0.05, 0) is 44.0 Å². The highest BCUT2D eigenvalue weighted by molar-refractivity contribution is 6.31. The van der Waals surface area contributed by atoms with Gasteiger partial charge >= 0.3 is 0 Å². The first kappa shape index (κ1) is 21.6. The van der Waals surface area contributed by atoms with E-state index in [-0.39, 0.29) is 12.3 Å².